The SMILES string of the molecule is C=C(C)CN=C(N)NCCOCC1CC1.I. The van der Waals surface area contributed by atoms with Crippen molar-refractivity contribution in [2.24, 2.45) is 16.6 Å². The highest BCUT2D eigenvalue weighted by atomic mass is 127. The van der Waals surface area contributed by atoms with Gasteiger partial charge in [0.1, 0.15) is 0 Å². The molecule has 0 aromatic rings. The highest BCUT2D eigenvalue weighted by Gasteiger charge is 2.20. The average Bonchev–Trinajstić information content (AvgIpc) is 2.98. The molecule has 16 heavy (non-hydrogen) atoms. The monoisotopic (exact) mass is 339 g/mol. The minimum Gasteiger partial charge on any atom is -0.379 e. The summed E-state index contributed by atoms with van der Waals surface area (Å²) in [6, 6.07) is 0. The number of halogens is 1. The Hall–Kier alpha value is -0.300. The largest absolute Gasteiger partial charge is 0.379 e. The average molecular weight is 339 g/mol. The van der Waals surface area contributed by atoms with Crippen LogP contribution in [0.2, 0.25) is 0 Å². The van der Waals surface area contributed by atoms with E-state index < -0.39 is 0 Å². The Bertz CT molecular complexity index is 239. The maximum Gasteiger partial charge on any atom is 0.188 e. The van der Waals surface area contributed by atoms with Crippen molar-refractivity contribution >= 4 is 29.9 Å². The third kappa shape index (κ3) is 8.96. The van der Waals surface area contributed by atoms with Crippen molar-refractivity contribution in [2.45, 2.75) is 19.8 Å². The maximum atomic E-state index is 5.62. The summed E-state index contributed by atoms with van der Waals surface area (Å²) in [7, 11) is 0. The first kappa shape index (κ1) is 15.7. The van der Waals surface area contributed by atoms with Crippen LogP contribution in [-0.2, 0) is 4.74 Å². The molecule has 94 valence electrons. The molecule has 0 saturated heterocycles. The van der Waals surface area contributed by atoms with Crippen LogP contribution in [-0.4, -0.2) is 32.3 Å². The van der Waals surface area contributed by atoms with Gasteiger partial charge >= 0.3 is 0 Å². The first-order valence-corrected chi connectivity index (χ1v) is 5.44. The van der Waals surface area contributed by atoms with E-state index in [-0.39, 0.29) is 24.0 Å². The lowest BCUT2D eigenvalue weighted by atomic mass is 10.4. The van der Waals surface area contributed by atoms with E-state index in [0.717, 1.165) is 24.6 Å². The van der Waals surface area contributed by atoms with Gasteiger partial charge in [-0.25, -0.2) is 4.99 Å². The number of nitrogens with one attached hydrogen (secondary N) is 1. The zero-order chi connectivity index (χ0) is 11.1. The number of nitrogens with zero attached hydrogens (tertiary/aromatic N) is 1. The molecule has 1 aliphatic rings. The summed E-state index contributed by atoms with van der Waals surface area (Å²) in [6.45, 7) is 8.57. The summed E-state index contributed by atoms with van der Waals surface area (Å²) in [5, 5.41) is 2.99. The standard InChI is InChI=1S/C11H21N3O.HI/c1-9(2)7-14-11(12)13-5-6-15-8-10-3-4-10;/h10H,1,3-8H2,2H3,(H3,12,13,14);1H. The van der Waals surface area contributed by atoms with Crippen molar-refractivity contribution in [1.29, 1.82) is 0 Å². The maximum absolute atomic E-state index is 5.62. The van der Waals surface area contributed by atoms with Crippen LogP contribution in [0.4, 0.5) is 0 Å². The van der Waals surface area contributed by atoms with Crippen molar-refractivity contribution in [3.8, 4) is 0 Å². The quantitative estimate of drug-likeness (QED) is 0.243. The first-order valence-electron chi connectivity index (χ1n) is 5.44. The number of guanidine groups is 1. The fourth-order valence-electron chi connectivity index (χ4n) is 1.06. The van der Waals surface area contributed by atoms with Crippen LogP contribution >= 0.6 is 24.0 Å². The minimum atomic E-state index is 0. The van der Waals surface area contributed by atoms with Crippen LogP contribution in [0.15, 0.2) is 17.1 Å². The van der Waals surface area contributed by atoms with E-state index in [1.165, 1.54) is 12.8 Å². The Kier molecular flexibility index (Phi) is 8.64. The smallest absolute Gasteiger partial charge is 0.188 e. The molecule has 0 aromatic carbocycles. The van der Waals surface area contributed by atoms with E-state index in [9.17, 15) is 0 Å². The van der Waals surface area contributed by atoms with Crippen molar-refractivity contribution in [2.75, 3.05) is 26.3 Å². The molecule has 0 unspecified atom stereocenters. The van der Waals surface area contributed by atoms with Crippen LogP contribution in [0.25, 0.3) is 0 Å². The van der Waals surface area contributed by atoms with Gasteiger partial charge in [0.2, 0.25) is 0 Å². The van der Waals surface area contributed by atoms with Gasteiger partial charge in [-0.2, -0.15) is 0 Å². The highest BCUT2D eigenvalue weighted by Crippen LogP contribution is 2.28. The van der Waals surface area contributed by atoms with Gasteiger partial charge in [0.25, 0.3) is 0 Å². The summed E-state index contributed by atoms with van der Waals surface area (Å²) in [6.07, 6.45) is 2.66. The molecule has 1 rings (SSSR count). The topological polar surface area (TPSA) is 59.6 Å². The summed E-state index contributed by atoms with van der Waals surface area (Å²) < 4.78 is 5.44. The second kappa shape index (κ2) is 8.81. The Balaban J connectivity index is 0.00000225. The van der Waals surface area contributed by atoms with Crippen LogP contribution < -0.4 is 11.1 Å². The van der Waals surface area contributed by atoms with Crippen LogP contribution in [0, 0.1) is 5.92 Å². The molecule has 0 bridgehead atoms. The van der Waals surface area contributed by atoms with Gasteiger partial charge < -0.3 is 15.8 Å². The fraction of sp³-hybridized carbons (Fsp3) is 0.727. The molecule has 5 heteroatoms. The summed E-state index contributed by atoms with van der Waals surface area (Å²) in [5.41, 5.74) is 6.62. The summed E-state index contributed by atoms with van der Waals surface area (Å²) in [4.78, 5) is 4.10. The molecular formula is C11H22IN3O. The van der Waals surface area contributed by atoms with Crippen LogP contribution in [0.5, 0.6) is 0 Å². The molecule has 3 N–H and O–H groups in total. The number of hydrogen-bond acceptors (Lipinski definition) is 2. The van der Waals surface area contributed by atoms with E-state index in [4.69, 9.17) is 10.5 Å². The van der Waals surface area contributed by atoms with Crippen molar-refractivity contribution in [3.05, 3.63) is 12.2 Å². The van der Waals surface area contributed by atoms with Gasteiger partial charge in [-0.3, -0.25) is 0 Å². The van der Waals surface area contributed by atoms with E-state index in [2.05, 4.69) is 16.9 Å². The Morgan fingerprint density at radius 1 is 1.56 bits per heavy atom. The normalized spacial score (nSPS) is 15.4. The summed E-state index contributed by atoms with van der Waals surface area (Å²) in [5.74, 6) is 1.28. The van der Waals surface area contributed by atoms with Gasteiger partial charge in [-0.05, 0) is 25.7 Å². The highest BCUT2D eigenvalue weighted by molar-refractivity contribution is 14.0. The molecule has 1 fully saturated rings. The van der Waals surface area contributed by atoms with E-state index in [1.54, 1.807) is 0 Å². The van der Waals surface area contributed by atoms with Crippen LogP contribution in [0.1, 0.15) is 19.8 Å². The summed E-state index contributed by atoms with van der Waals surface area (Å²) >= 11 is 0. The van der Waals surface area contributed by atoms with Gasteiger partial charge in [-0.1, -0.05) is 12.2 Å². The third-order valence-electron chi connectivity index (χ3n) is 2.12. The van der Waals surface area contributed by atoms with E-state index >= 15 is 0 Å². The molecule has 0 aromatic heterocycles. The second-order valence-corrected chi connectivity index (χ2v) is 4.10. The lowest BCUT2D eigenvalue weighted by Crippen LogP contribution is -2.34. The molecule has 0 spiro atoms. The molecule has 0 radical (unpaired) electrons. The Morgan fingerprint density at radius 2 is 2.25 bits per heavy atom. The Morgan fingerprint density at radius 3 is 2.81 bits per heavy atom. The molecule has 0 atom stereocenters. The predicted octanol–water partition coefficient (Wildman–Crippen LogP) is 1.51. The zero-order valence-corrected chi connectivity index (χ0v) is 12.2. The molecule has 1 aliphatic carbocycles. The third-order valence-corrected chi connectivity index (χ3v) is 2.12. The van der Waals surface area contributed by atoms with Gasteiger partial charge in [0, 0.05) is 13.2 Å². The Labute approximate surface area is 115 Å². The van der Waals surface area contributed by atoms with Gasteiger partial charge in [0.05, 0.1) is 13.2 Å². The van der Waals surface area contributed by atoms with Gasteiger partial charge in [0.15, 0.2) is 5.96 Å². The molecule has 0 heterocycles. The fourth-order valence-corrected chi connectivity index (χ4v) is 1.06. The number of nitrogens with two attached hydrogens (primary N) is 1. The van der Waals surface area contributed by atoms with Crippen molar-refractivity contribution in [3.63, 3.8) is 0 Å². The lowest BCUT2D eigenvalue weighted by Gasteiger charge is -2.06. The molecule has 0 aliphatic heterocycles. The van der Waals surface area contributed by atoms with Crippen molar-refractivity contribution in [1.82, 2.24) is 5.32 Å². The lowest BCUT2D eigenvalue weighted by molar-refractivity contribution is 0.129. The molecular weight excluding hydrogens is 317 g/mol. The number of rotatable bonds is 7. The van der Waals surface area contributed by atoms with Crippen molar-refractivity contribution < 1.29 is 4.74 Å². The van der Waals surface area contributed by atoms with E-state index in [0.29, 0.717) is 19.1 Å². The molecule has 0 amide bonds. The number of ether oxygens (including phenoxy) is 1. The van der Waals surface area contributed by atoms with Gasteiger partial charge in [-0.15, -0.1) is 24.0 Å². The van der Waals surface area contributed by atoms with Crippen LogP contribution in [0.3, 0.4) is 0 Å². The molecule has 4 nitrogen and oxygen atoms in total. The molecule has 1 saturated carbocycles. The minimum absolute atomic E-state index is 0. The second-order valence-electron chi connectivity index (χ2n) is 4.10. The first-order chi connectivity index (χ1) is 7.18. The zero-order valence-electron chi connectivity index (χ0n) is 9.87. The number of hydrogen-bond donors (Lipinski definition) is 2. The number of aliphatic imine (C=N–C) groups is 1. The predicted molar refractivity (Wildman–Crippen MR) is 78.3 cm³/mol. The van der Waals surface area contributed by atoms with E-state index in [1.807, 2.05) is 6.92 Å².